The van der Waals surface area contributed by atoms with Crippen LogP contribution in [0.4, 0.5) is 0 Å². The predicted octanol–water partition coefficient (Wildman–Crippen LogP) is 5.31. The van der Waals surface area contributed by atoms with Gasteiger partial charge in [-0.3, -0.25) is 4.79 Å². The molecular weight excluding hydrogens is 418 g/mol. The lowest BCUT2D eigenvalue weighted by atomic mass is 9.94. The molecule has 0 bridgehead atoms. The number of rotatable bonds is 6. The molecule has 1 fully saturated rings. The van der Waals surface area contributed by atoms with Gasteiger partial charge in [-0.05, 0) is 61.8 Å². The molecule has 0 amide bonds. The van der Waals surface area contributed by atoms with Gasteiger partial charge < -0.3 is 19.9 Å². The second kappa shape index (κ2) is 10.2. The minimum Gasteiger partial charge on any atom is -0.497 e. The van der Waals surface area contributed by atoms with Gasteiger partial charge in [0.2, 0.25) is 0 Å². The fourth-order valence-corrected chi connectivity index (χ4v) is 4.90. The minimum atomic E-state index is -0.0672. The summed E-state index contributed by atoms with van der Waals surface area (Å²) in [6, 6.07) is 18.4. The Morgan fingerprint density at radius 1 is 1.16 bits per heavy atom. The van der Waals surface area contributed by atoms with Gasteiger partial charge in [0.25, 0.3) is 5.56 Å². The topological polar surface area (TPSA) is 57.4 Å². The second-order valence-electron chi connectivity index (χ2n) is 8.58. The molecule has 5 nitrogen and oxygen atoms in total. The Morgan fingerprint density at radius 3 is 2.62 bits per heavy atom. The average molecular weight is 450 g/mol. The zero-order valence-electron chi connectivity index (χ0n) is 18.8. The van der Waals surface area contributed by atoms with Crippen molar-refractivity contribution in [2.45, 2.75) is 57.7 Å². The molecule has 1 heterocycles. The lowest BCUT2D eigenvalue weighted by Crippen LogP contribution is -2.47. The number of fused-ring (bicyclic) bond motifs is 1. The molecule has 0 aliphatic heterocycles. The van der Waals surface area contributed by atoms with Crippen LogP contribution in [0.5, 0.6) is 5.75 Å². The van der Waals surface area contributed by atoms with Gasteiger partial charge in [-0.1, -0.05) is 49.6 Å². The Morgan fingerprint density at radius 2 is 1.91 bits per heavy atom. The summed E-state index contributed by atoms with van der Waals surface area (Å²) in [5.74, 6) is 0.772. The third kappa shape index (κ3) is 5.13. The fraction of sp³-hybridized carbons (Fsp3) is 0.385. The Balaban J connectivity index is 1.61. The first kappa shape index (κ1) is 22.3. The van der Waals surface area contributed by atoms with Gasteiger partial charge >= 0.3 is 0 Å². The molecule has 32 heavy (non-hydrogen) atoms. The first-order valence-corrected chi connectivity index (χ1v) is 11.8. The summed E-state index contributed by atoms with van der Waals surface area (Å²) >= 11 is 5.89. The Hall–Kier alpha value is -2.86. The SMILES string of the molecule is COc1ccc2[nH]c(=O)c(CN(C(=S)NC(C)c3ccccc3)C3CCCCC3)cc2c1. The van der Waals surface area contributed by atoms with Gasteiger partial charge in [0.1, 0.15) is 5.75 Å². The van der Waals surface area contributed by atoms with E-state index in [0.29, 0.717) is 23.3 Å². The molecule has 1 aromatic heterocycles. The molecule has 1 atom stereocenters. The molecular formula is C26H31N3O2S. The van der Waals surface area contributed by atoms with Crippen LogP contribution in [0.15, 0.2) is 59.4 Å². The number of nitrogens with one attached hydrogen (secondary N) is 2. The van der Waals surface area contributed by atoms with Crippen molar-refractivity contribution in [2.24, 2.45) is 0 Å². The van der Waals surface area contributed by atoms with Crippen LogP contribution in [0.2, 0.25) is 0 Å². The van der Waals surface area contributed by atoms with E-state index in [-0.39, 0.29) is 11.6 Å². The van der Waals surface area contributed by atoms with Crippen LogP contribution in [0, 0.1) is 0 Å². The normalized spacial score (nSPS) is 15.3. The zero-order valence-corrected chi connectivity index (χ0v) is 19.6. The van der Waals surface area contributed by atoms with Gasteiger partial charge in [-0.15, -0.1) is 0 Å². The van der Waals surface area contributed by atoms with Crippen molar-refractivity contribution < 1.29 is 4.74 Å². The maximum absolute atomic E-state index is 12.9. The number of nitrogens with zero attached hydrogens (tertiary/aromatic N) is 1. The van der Waals surface area contributed by atoms with Gasteiger partial charge in [0.05, 0.1) is 19.7 Å². The number of aromatic amines is 1. The van der Waals surface area contributed by atoms with Crippen molar-refractivity contribution in [1.82, 2.24) is 15.2 Å². The maximum Gasteiger partial charge on any atom is 0.253 e. The lowest BCUT2D eigenvalue weighted by Gasteiger charge is -2.37. The van der Waals surface area contributed by atoms with Crippen molar-refractivity contribution in [3.05, 3.63) is 76.1 Å². The molecule has 3 aromatic rings. The number of pyridine rings is 1. The van der Waals surface area contributed by atoms with Crippen LogP contribution in [0.25, 0.3) is 10.9 Å². The highest BCUT2D eigenvalue weighted by Crippen LogP contribution is 2.26. The van der Waals surface area contributed by atoms with Crippen molar-refractivity contribution in [3.63, 3.8) is 0 Å². The van der Waals surface area contributed by atoms with Crippen LogP contribution in [-0.2, 0) is 6.54 Å². The van der Waals surface area contributed by atoms with Crippen LogP contribution >= 0.6 is 12.2 Å². The van der Waals surface area contributed by atoms with E-state index in [1.165, 1.54) is 24.8 Å². The van der Waals surface area contributed by atoms with Crippen molar-refractivity contribution >= 4 is 28.2 Å². The highest BCUT2D eigenvalue weighted by Gasteiger charge is 2.25. The Kier molecular flexibility index (Phi) is 7.10. The third-order valence-corrected chi connectivity index (χ3v) is 6.74. The van der Waals surface area contributed by atoms with E-state index >= 15 is 0 Å². The van der Waals surface area contributed by atoms with E-state index < -0.39 is 0 Å². The maximum atomic E-state index is 12.9. The molecule has 1 aliphatic rings. The Bertz CT molecular complexity index is 1120. The molecule has 6 heteroatoms. The summed E-state index contributed by atoms with van der Waals surface area (Å²) in [5.41, 5.74) is 2.64. The fourth-order valence-electron chi connectivity index (χ4n) is 4.51. The molecule has 2 aromatic carbocycles. The van der Waals surface area contributed by atoms with Crippen molar-refractivity contribution in [3.8, 4) is 5.75 Å². The van der Waals surface area contributed by atoms with Gasteiger partial charge in [-0.25, -0.2) is 0 Å². The van der Waals surface area contributed by atoms with Crippen molar-refractivity contribution in [1.29, 1.82) is 0 Å². The lowest BCUT2D eigenvalue weighted by molar-refractivity contribution is 0.233. The first-order chi connectivity index (χ1) is 15.5. The molecule has 0 saturated heterocycles. The molecule has 4 rings (SSSR count). The standard InChI is InChI=1S/C26H31N3O2S/c1-18(19-9-5-3-6-10-19)27-26(32)29(22-11-7-4-8-12-22)17-21-15-20-16-23(31-2)13-14-24(20)28-25(21)30/h3,5-6,9-10,13-16,18,22H,4,7-8,11-12,17H2,1-2H3,(H,27,32)(H,28,30). The van der Waals surface area contributed by atoms with E-state index in [1.807, 2.05) is 42.5 Å². The van der Waals surface area contributed by atoms with Crippen molar-refractivity contribution in [2.75, 3.05) is 7.11 Å². The molecule has 1 saturated carbocycles. The minimum absolute atomic E-state index is 0.0672. The number of hydrogen-bond acceptors (Lipinski definition) is 3. The molecule has 1 unspecified atom stereocenters. The average Bonchev–Trinajstić information content (AvgIpc) is 2.83. The van der Waals surface area contributed by atoms with Gasteiger partial charge in [0, 0.05) is 22.5 Å². The third-order valence-electron chi connectivity index (χ3n) is 6.38. The highest BCUT2D eigenvalue weighted by atomic mass is 32.1. The molecule has 168 valence electrons. The number of H-pyrrole nitrogens is 1. The molecule has 1 aliphatic carbocycles. The molecule has 0 spiro atoms. The number of hydrogen-bond donors (Lipinski definition) is 2. The van der Waals surface area contributed by atoms with Crippen LogP contribution < -0.4 is 15.6 Å². The zero-order chi connectivity index (χ0) is 22.5. The largest absolute Gasteiger partial charge is 0.497 e. The van der Waals surface area contributed by atoms with Gasteiger partial charge in [0.15, 0.2) is 5.11 Å². The summed E-state index contributed by atoms with van der Waals surface area (Å²) < 4.78 is 5.36. The number of ether oxygens (including phenoxy) is 1. The summed E-state index contributed by atoms with van der Waals surface area (Å²) in [5, 5.41) is 5.18. The highest BCUT2D eigenvalue weighted by molar-refractivity contribution is 7.80. The summed E-state index contributed by atoms with van der Waals surface area (Å²) in [7, 11) is 1.65. The summed E-state index contributed by atoms with van der Waals surface area (Å²) in [6.07, 6.45) is 5.86. The number of aromatic nitrogens is 1. The number of thiocarbonyl (C=S) groups is 1. The Labute approximate surface area is 194 Å². The quantitative estimate of drug-likeness (QED) is 0.500. The van der Waals surface area contributed by atoms with Crippen LogP contribution in [-0.4, -0.2) is 28.1 Å². The molecule has 2 N–H and O–H groups in total. The van der Waals surface area contributed by atoms with E-state index in [9.17, 15) is 4.79 Å². The molecule has 0 radical (unpaired) electrons. The van der Waals surface area contributed by atoms with Crippen LogP contribution in [0.1, 0.15) is 56.2 Å². The van der Waals surface area contributed by atoms with E-state index in [4.69, 9.17) is 17.0 Å². The smallest absolute Gasteiger partial charge is 0.253 e. The summed E-state index contributed by atoms with van der Waals surface area (Å²) in [6.45, 7) is 2.61. The predicted molar refractivity (Wildman–Crippen MR) is 134 cm³/mol. The number of benzene rings is 2. The summed E-state index contributed by atoms with van der Waals surface area (Å²) in [4.78, 5) is 18.1. The van der Waals surface area contributed by atoms with Gasteiger partial charge in [-0.2, -0.15) is 0 Å². The van der Waals surface area contributed by atoms with E-state index in [1.54, 1.807) is 7.11 Å². The van der Waals surface area contributed by atoms with E-state index in [2.05, 4.69) is 34.3 Å². The monoisotopic (exact) mass is 449 g/mol. The number of methoxy groups -OCH3 is 1. The second-order valence-corrected chi connectivity index (χ2v) is 8.97. The van der Waals surface area contributed by atoms with Crippen LogP contribution in [0.3, 0.4) is 0 Å². The van der Waals surface area contributed by atoms with E-state index in [0.717, 1.165) is 29.5 Å². The first-order valence-electron chi connectivity index (χ1n) is 11.4.